The zero-order valence-corrected chi connectivity index (χ0v) is 15.0. The number of pyridine rings is 2. The van der Waals surface area contributed by atoms with Crippen molar-refractivity contribution in [1.29, 1.82) is 0 Å². The zero-order chi connectivity index (χ0) is 18.0. The number of rotatable bonds is 3. The summed E-state index contributed by atoms with van der Waals surface area (Å²) in [6.07, 6.45) is 3.65. The topological polar surface area (TPSA) is 69.3 Å². The van der Waals surface area contributed by atoms with Gasteiger partial charge >= 0.3 is 0 Å². The predicted molar refractivity (Wildman–Crippen MR) is 98.2 cm³/mol. The van der Waals surface area contributed by atoms with Gasteiger partial charge in [-0.05, 0) is 36.6 Å². The van der Waals surface area contributed by atoms with Crippen LogP contribution in [0.2, 0.25) is 0 Å². The molecule has 0 unspecified atom stereocenters. The minimum Gasteiger partial charge on any atom is -0.367 e. The van der Waals surface area contributed by atoms with E-state index in [2.05, 4.69) is 21.8 Å². The Morgan fingerprint density at radius 2 is 1.88 bits per heavy atom. The molecule has 3 rings (SSSR count). The number of aromatic amines is 1. The highest BCUT2D eigenvalue weighted by Crippen LogP contribution is 2.20. The second-order valence-corrected chi connectivity index (χ2v) is 6.75. The molecule has 1 aliphatic rings. The molecule has 0 aliphatic carbocycles. The van der Waals surface area contributed by atoms with E-state index in [1.165, 1.54) is 5.56 Å². The summed E-state index contributed by atoms with van der Waals surface area (Å²) in [6, 6.07) is 5.46. The fraction of sp³-hybridized carbons (Fsp3) is 0.421. The molecule has 1 saturated heterocycles. The number of nitrogens with zero attached hydrogens (tertiary/aromatic N) is 3. The summed E-state index contributed by atoms with van der Waals surface area (Å²) in [5.41, 5.74) is 3.04. The van der Waals surface area contributed by atoms with Crippen molar-refractivity contribution in [2.75, 3.05) is 31.1 Å². The molecule has 25 heavy (non-hydrogen) atoms. The van der Waals surface area contributed by atoms with Gasteiger partial charge in [0.05, 0.1) is 11.9 Å². The van der Waals surface area contributed by atoms with Crippen LogP contribution in [0.3, 0.4) is 0 Å². The van der Waals surface area contributed by atoms with Gasteiger partial charge in [0, 0.05) is 38.1 Å². The maximum atomic E-state index is 12.7. The summed E-state index contributed by atoms with van der Waals surface area (Å²) in [6.45, 7) is 8.74. The lowest BCUT2D eigenvalue weighted by Crippen LogP contribution is -2.49. The van der Waals surface area contributed by atoms with Crippen LogP contribution in [0.1, 0.15) is 41.4 Å². The Kier molecular flexibility index (Phi) is 4.88. The van der Waals surface area contributed by atoms with Crippen LogP contribution in [0.5, 0.6) is 0 Å². The minimum atomic E-state index is -0.304. The molecule has 0 bridgehead atoms. The molecular weight excluding hydrogens is 316 g/mol. The first-order valence-corrected chi connectivity index (χ1v) is 8.65. The second-order valence-electron chi connectivity index (χ2n) is 6.75. The fourth-order valence-corrected chi connectivity index (χ4v) is 3.10. The third-order valence-corrected chi connectivity index (χ3v) is 4.70. The molecule has 2 aromatic heterocycles. The van der Waals surface area contributed by atoms with E-state index >= 15 is 0 Å². The highest BCUT2D eigenvalue weighted by Gasteiger charge is 2.24. The lowest BCUT2D eigenvalue weighted by Gasteiger charge is -2.36. The van der Waals surface area contributed by atoms with E-state index in [9.17, 15) is 9.59 Å². The standard InChI is InChI=1S/C19H24N4O2/c1-13(2)16-5-4-15(18(24)21-16)19(25)23-10-8-22(9-11-23)17-12-20-7-6-14(17)3/h4-7,12-13H,8-11H2,1-3H3,(H,21,24). The summed E-state index contributed by atoms with van der Waals surface area (Å²) in [5.74, 6) is 0.0298. The largest absolute Gasteiger partial charge is 0.367 e. The Labute approximate surface area is 147 Å². The van der Waals surface area contributed by atoms with E-state index < -0.39 is 0 Å². The molecule has 132 valence electrons. The number of aromatic nitrogens is 2. The Morgan fingerprint density at radius 1 is 1.16 bits per heavy atom. The summed E-state index contributed by atoms with van der Waals surface area (Å²) < 4.78 is 0. The lowest BCUT2D eigenvalue weighted by atomic mass is 10.1. The fourth-order valence-electron chi connectivity index (χ4n) is 3.10. The van der Waals surface area contributed by atoms with Gasteiger partial charge in [-0.1, -0.05) is 13.8 Å². The van der Waals surface area contributed by atoms with E-state index in [4.69, 9.17) is 0 Å². The molecule has 0 spiro atoms. The van der Waals surface area contributed by atoms with Crippen LogP contribution >= 0.6 is 0 Å². The molecule has 0 aromatic carbocycles. The number of hydrogen-bond acceptors (Lipinski definition) is 4. The van der Waals surface area contributed by atoms with Crippen molar-refractivity contribution in [1.82, 2.24) is 14.9 Å². The average molecular weight is 340 g/mol. The molecule has 6 heteroatoms. The Hall–Kier alpha value is -2.63. The number of amides is 1. The van der Waals surface area contributed by atoms with Gasteiger partial charge in [-0.2, -0.15) is 0 Å². The van der Waals surface area contributed by atoms with Crippen molar-refractivity contribution in [3.05, 3.63) is 57.8 Å². The van der Waals surface area contributed by atoms with Crippen LogP contribution in [0, 0.1) is 6.92 Å². The van der Waals surface area contributed by atoms with Gasteiger partial charge in [0.25, 0.3) is 11.5 Å². The van der Waals surface area contributed by atoms with Crippen molar-refractivity contribution < 1.29 is 4.79 Å². The molecule has 0 radical (unpaired) electrons. The number of aryl methyl sites for hydroxylation is 1. The van der Waals surface area contributed by atoms with Crippen molar-refractivity contribution in [2.45, 2.75) is 26.7 Å². The van der Waals surface area contributed by atoms with Gasteiger partial charge in [0.15, 0.2) is 0 Å². The summed E-state index contributed by atoms with van der Waals surface area (Å²) in [5, 5.41) is 0. The Balaban J connectivity index is 1.70. The van der Waals surface area contributed by atoms with Crippen LogP contribution in [0.15, 0.2) is 35.4 Å². The summed E-state index contributed by atoms with van der Waals surface area (Å²) in [4.78, 5) is 35.9. The zero-order valence-electron chi connectivity index (χ0n) is 15.0. The molecule has 2 aromatic rings. The van der Waals surface area contributed by atoms with Gasteiger partial charge in [-0.25, -0.2) is 0 Å². The first-order valence-electron chi connectivity index (χ1n) is 8.65. The molecular formula is C19H24N4O2. The van der Waals surface area contributed by atoms with Crippen LogP contribution in [-0.2, 0) is 0 Å². The first kappa shape index (κ1) is 17.2. The van der Waals surface area contributed by atoms with E-state index in [0.29, 0.717) is 13.1 Å². The average Bonchev–Trinajstić information content (AvgIpc) is 2.61. The Morgan fingerprint density at radius 3 is 2.48 bits per heavy atom. The quantitative estimate of drug-likeness (QED) is 0.930. The van der Waals surface area contributed by atoms with Crippen molar-refractivity contribution in [2.24, 2.45) is 0 Å². The van der Waals surface area contributed by atoms with Crippen LogP contribution in [-0.4, -0.2) is 47.0 Å². The molecule has 6 nitrogen and oxygen atoms in total. The molecule has 1 amide bonds. The number of anilines is 1. The number of carbonyl (C=O) groups excluding carboxylic acids is 1. The summed E-state index contributed by atoms with van der Waals surface area (Å²) in [7, 11) is 0. The van der Waals surface area contributed by atoms with Gasteiger partial charge in [0.1, 0.15) is 5.56 Å². The molecule has 0 saturated carbocycles. The van der Waals surface area contributed by atoms with Crippen molar-refractivity contribution in [3.63, 3.8) is 0 Å². The molecule has 3 heterocycles. The second kappa shape index (κ2) is 7.09. The van der Waals surface area contributed by atoms with Gasteiger partial charge in [0.2, 0.25) is 0 Å². The first-order chi connectivity index (χ1) is 12.0. The third kappa shape index (κ3) is 3.57. The highest BCUT2D eigenvalue weighted by atomic mass is 16.2. The van der Waals surface area contributed by atoms with Gasteiger partial charge < -0.3 is 14.8 Å². The van der Waals surface area contributed by atoms with Gasteiger partial charge in [-0.15, -0.1) is 0 Å². The summed E-state index contributed by atoms with van der Waals surface area (Å²) >= 11 is 0. The van der Waals surface area contributed by atoms with E-state index in [-0.39, 0.29) is 22.9 Å². The van der Waals surface area contributed by atoms with Crippen LogP contribution in [0.25, 0.3) is 0 Å². The number of nitrogens with one attached hydrogen (secondary N) is 1. The Bertz CT molecular complexity index is 820. The maximum Gasteiger partial charge on any atom is 0.261 e. The smallest absolute Gasteiger partial charge is 0.261 e. The van der Waals surface area contributed by atoms with E-state index in [1.807, 2.05) is 32.2 Å². The van der Waals surface area contributed by atoms with Crippen molar-refractivity contribution >= 4 is 11.6 Å². The maximum absolute atomic E-state index is 12.7. The number of carbonyl (C=O) groups is 1. The molecule has 0 atom stereocenters. The van der Waals surface area contributed by atoms with E-state index in [0.717, 1.165) is 24.5 Å². The number of hydrogen-bond donors (Lipinski definition) is 1. The van der Waals surface area contributed by atoms with E-state index in [1.54, 1.807) is 17.2 Å². The monoisotopic (exact) mass is 340 g/mol. The molecule has 1 N–H and O–H groups in total. The van der Waals surface area contributed by atoms with Crippen molar-refractivity contribution in [3.8, 4) is 0 Å². The molecule has 1 fully saturated rings. The SMILES string of the molecule is Cc1ccncc1N1CCN(C(=O)c2ccc(C(C)C)[nH]c2=O)CC1. The van der Waals surface area contributed by atoms with Crippen LogP contribution in [0.4, 0.5) is 5.69 Å². The van der Waals surface area contributed by atoms with Crippen LogP contribution < -0.4 is 10.5 Å². The highest BCUT2D eigenvalue weighted by molar-refractivity contribution is 5.94. The molecule has 1 aliphatic heterocycles. The lowest BCUT2D eigenvalue weighted by molar-refractivity contribution is 0.0745. The van der Waals surface area contributed by atoms with Gasteiger partial charge in [-0.3, -0.25) is 14.6 Å². The number of piperazine rings is 1. The third-order valence-electron chi connectivity index (χ3n) is 4.70. The minimum absolute atomic E-state index is 0.195. The number of H-pyrrole nitrogens is 1. The predicted octanol–water partition coefficient (Wildman–Crippen LogP) is 2.16. The normalized spacial score (nSPS) is 14.9.